The van der Waals surface area contributed by atoms with Crippen molar-refractivity contribution in [3.8, 4) is 0 Å². The van der Waals surface area contributed by atoms with Crippen LogP contribution in [0.3, 0.4) is 0 Å². The van der Waals surface area contributed by atoms with Crippen molar-refractivity contribution in [2.24, 2.45) is 0 Å². The highest BCUT2D eigenvalue weighted by Crippen LogP contribution is 2.28. The second-order valence-electron chi connectivity index (χ2n) is 4.35. The van der Waals surface area contributed by atoms with Crippen molar-refractivity contribution in [3.63, 3.8) is 0 Å². The van der Waals surface area contributed by atoms with Gasteiger partial charge in [-0.25, -0.2) is 4.98 Å². The van der Waals surface area contributed by atoms with Gasteiger partial charge in [0, 0.05) is 22.7 Å². The Balaban J connectivity index is 2.13. The summed E-state index contributed by atoms with van der Waals surface area (Å²) in [6, 6.07) is 6.14. The average molecular weight is 307 g/mol. The second-order valence-corrected chi connectivity index (χ2v) is 5.44. The smallest absolute Gasteiger partial charge is 0.303 e. The quantitative estimate of drug-likeness (QED) is 0.627. The number of nitro benzene ring substituents is 1. The first-order valence-corrected chi connectivity index (χ1v) is 6.97. The number of rotatable bonds is 6. The molecule has 110 valence electrons. The molecule has 2 rings (SSSR count). The van der Waals surface area contributed by atoms with E-state index < -0.39 is 10.9 Å². The van der Waals surface area contributed by atoms with E-state index in [1.165, 1.54) is 23.5 Å². The summed E-state index contributed by atoms with van der Waals surface area (Å²) in [5, 5.41) is 23.0. The lowest BCUT2D eigenvalue weighted by atomic mass is 10.2. The molecular formula is C13H13N3O4S. The molecule has 0 aliphatic heterocycles. The standard InChI is InChI=1S/C13H13N3O4S/c1-8-11(5-6-12(17)18)21-13(14-8)15-9-3-2-4-10(7-9)16(19)20/h2-4,7H,5-6H2,1H3,(H,14,15)(H,17,18). The molecule has 0 radical (unpaired) electrons. The number of nitrogens with one attached hydrogen (secondary N) is 1. The molecule has 0 unspecified atom stereocenters. The molecule has 7 nitrogen and oxygen atoms in total. The molecule has 0 aliphatic carbocycles. The number of thiazole rings is 1. The summed E-state index contributed by atoms with van der Waals surface area (Å²) < 4.78 is 0. The van der Waals surface area contributed by atoms with Crippen molar-refractivity contribution in [3.05, 3.63) is 45.0 Å². The molecule has 0 amide bonds. The number of non-ortho nitro benzene ring substituents is 1. The molecule has 0 aliphatic rings. The highest BCUT2D eigenvalue weighted by atomic mass is 32.1. The molecule has 0 bridgehead atoms. The van der Waals surface area contributed by atoms with Gasteiger partial charge >= 0.3 is 5.97 Å². The molecule has 8 heteroatoms. The number of benzene rings is 1. The maximum absolute atomic E-state index is 10.7. The van der Waals surface area contributed by atoms with Crippen LogP contribution in [-0.2, 0) is 11.2 Å². The Hall–Kier alpha value is -2.48. The third-order valence-electron chi connectivity index (χ3n) is 2.77. The minimum atomic E-state index is -0.851. The van der Waals surface area contributed by atoms with Gasteiger partial charge in [0.1, 0.15) is 0 Å². The molecule has 0 saturated carbocycles. The van der Waals surface area contributed by atoms with Crippen molar-refractivity contribution >= 4 is 33.8 Å². The first-order valence-electron chi connectivity index (χ1n) is 6.15. The normalized spacial score (nSPS) is 10.3. The van der Waals surface area contributed by atoms with E-state index in [1.807, 2.05) is 6.92 Å². The third-order valence-corrected chi connectivity index (χ3v) is 3.90. The Bertz CT molecular complexity index is 684. The summed E-state index contributed by atoms with van der Waals surface area (Å²) in [6.07, 6.45) is 0.481. The summed E-state index contributed by atoms with van der Waals surface area (Å²) in [5.41, 5.74) is 1.34. The number of aryl methyl sites for hydroxylation is 2. The van der Waals surface area contributed by atoms with Crippen LogP contribution in [0.15, 0.2) is 24.3 Å². The van der Waals surface area contributed by atoms with Gasteiger partial charge in [-0.2, -0.15) is 0 Å². The van der Waals surface area contributed by atoms with Crippen LogP contribution in [0.2, 0.25) is 0 Å². The van der Waals surface area contributed by atoms with Gasteiger partial charge in [0.15, 0.2) is 5.13 Å². The zero-order chi connectivity index (χ0) is 15.4. The molecule has 1 heterocycles. The Morgan fingerprint density at radius 1 is 1.52 bits per heavy atom. The summed E-state index contributed by atoms with van der Waals surface area (Å²) >= 11 is 1.36. The van der Waals surface area contributed by atoms with Crippen molar-refractivity contribution in [2.45, 2.75) is 19.8 Å². The largest absolute Gasteiger partial charge is 0.481 e. The number of nitro groups is 1. The van der Waals surface area contributed by atoms with Gasteiger partial charge < -0.3 is 10.4 Å². The van der Waals surface area contributed by atoms with Gasteiger partial charge in [0.2, 0.25) is 0 Å². The molecule has 0 spiro atoms. The molecule has 21 heavy (non-hydrogen) atoms. The van der Waals surface area contributed by atoms with E-state index in [0.29, 0.717) is 17.2 Å². The molecule has 1 aromatic heterocycles. The SMILES string of the molecule is Cc1nc(Nc2cccc([N+](=O)[O-])c2)sc1CCC(=O)O. The van der Waals surface area contributed by atoms with Crippen molar-refractivity contribution in [1.82, 2.24) is 4.98 Å². The number of hydrogen-bond acceptors (Lipinski definition) is 6. The van der Waals surface area contributed by atoms with Crippen LogP contribution in [0, 0.1) is 17.0 Å². The fraction of sp³-hybridized carbons (Fsp3) is 0.231. The Labute approximate surface area is 124 Å². The lowest BCUT2D eigenvalue weighted by molar-refractivity contribution is -0.384. The van der Waals surface area contributed by atoms with Crippen LogP contribution >= 0.6 is 11.3 Å². The van der Waals surface area contributed by atoms with Crippen LogP contribution < -0.4 is 5.32 Å². The molecule has 1 aromatic carbocycles. The number of carboxylic acid groups (broad SMARTS) is 1. The van der Waals surface area contributed by atoms with E-state index in [-0.39, 0.29) is 12.1 Å². The van der Waals surface area contributed by atoms with E-state index in [9.17, 15) is 14.9 Å². The van der Waals surface area contributed by atoms with Gasteiger partial charge in [-0.15, -0.1) is 11.3 Å². The number of aromatic nitrogens is 1. The Morgan fingerprint density at radius 2 is 2.29 bits per heavy atom. The molecule has 0 saturated heterocycles. The number of aliphatic carboxylic acids is 1. The first kappa shape index (κ1) is 14.9. The van der Waals surface area contributed by atoms with E-state index in [2.05, 4.69) is 10.3 Å². The number of hydrogen-bond donors (Lipinski definition) is 2. The van der Waals surface area contributed by atoms with Crippen LogP contribution in [0.4, 0.5) is 16.5 Å². The van der Waals surface area contributed by atoms with Crippen LogP contribution in [-0.4, -0.2) is 21.0 Å². The van der Waals surface area contributed by atoms with Gasteiger partial charge in [0.25, 0.3) is 5.69 Å². The predicted molar refractivity (Wildman–Crippen MR) is 79.2 cm³/mol. The minimum absolute atomic E-state index is 0.000575. The van der Waals surface area contributed by atoms with Gasteiger partial charge in [-0.05, 0) is 19.4 Å². The van der Waals surface area contributed by atoms with Crippen LogP contribution in [0.5, 0.6) is 0 Å². The lowest BCUT2D eigenvalue weighted by Gasteiger charge is -2.01. The van der Waals surface area contributed by atoms with Crippen LogP contribution in [0.25, 0.3) is 0 Å². The number of anilines is 2. The fourth-order valence-corrected chi connectivity index (χ4v) is 2.74. The Kier molecular flexibility index (Phi) is 4.49. The van der Waals surface area contributed by atoms with Crippen LogP contribution in [0.1, 0.15) is 17.0 Å². The van der Waals surface area contributed by atoms with Crippen molar-refractivity contribution in [1.29, 1.82) is 0 Å². The van der Waals surface area contributed by atoms with Gasteiger partial charge in [0.05, 0.1) is 17.0 Å². The molecular weight excluding hydrogens is 294 g/mol. The van der Waals surface area contributed by atoms with E-state index in [1.54, 1.807) is 12.1 Å². The Morgan fingerprint density at radius 3 is 2.95 bits per heavy atom. The fourth-order valence-electron chi connectivity index (χ4n) is 1.75. The summed E-state index contributed by atoms with van der Waals surface area (Å²) in [6.45, 7) is 1.81. The van der Waals surface area contributed by atoms with Gasteiger partial charge in [-0.3, -0.25) is 14.9 Å². The molecule has 2 N–H and O–H groups in total. The lowest BCUT2D eigenvalue weighted by Crippen LogP contribution is -1.96. The molecule has 0 atom stereocenters. The summed E-state index contributed by atoms with van der Waals surface area (Å²) in [7, 11) is 0. The summed E-state index contributed by atoms with van der Waals surface area (Å²) in [5.74, 6) is -0.851. The minimum Gasteiger partial charge on any atom is -0.481 e. The number of carbonyl (C=O) groups is 1. The first-order chi connectivity index (χ1) is 9.95. The molecule has 0 fully saturated rings. The molecule has 2 aromatic rings. The maximum Gasteiger partial charge on any atom is 0.303 e. The number of carboxylic acids is 1. The average Bonchev–Trinajstić information content (AvgIpc) is 2.76. The topological polar surface area (TPSA) is 105 Å². The van der Waals surface area contributed by atoms with Crippen molar-refractivity contribution < 1.29 is 14.8 Å². The predicted octanol–water partition coefficient (Wildman–Crippen LogP) is 3.12. The maximum atomic E-state index is 10.7. The number of nitrogens with zero attached hydrogens (tertiary/aromatic N) is 2. The van der Waals surface area contributed by atoms with Crippen molar-refractivity contribution in [2.75, 3.05) is 5.32 Å². The monoisotopic (exact) mass is 307 g/mol. The van der Waals surface area contributed by atoms with E-state index in [0.717, 1.165) is 10.6 Å². The highest BCUT2D eigenvalue weighted by Gasteiger charge is 2.11. The zero-order valence-electron chi connectivity index (χ0n) is 11.2. The zero-order valence-corrected chi connectivity index (χ0v) is 12.0. The summed E-state index contributed by atoms with van der Waals surface area (Å²) in [4.78, 5) is 26.0. The van der Waals surface area contributed by atoms with E-state index in [4.69, 9.17) is 5.11 Å². The highest BCUT2D eigenvalue weighted by molar-refractivity contribution is 7.15. The van der Waals surface area contributed by atoms with E-state index >= 15 is 0 Å². The second kappa shape index (κ2) is 6.31. The third kappa shape index (κ3) is 3.99. The van der Waals surface area contributed by atoms with Gasteiger partial charge in [-0.1, -0.05) is 6.07 Å².